The minimum absolute atomic E-state index is 0.139. The summed E-state index contributed by atoms with van der Waals surface area (Å²) in [6, 6.07) is 9.61. The molecule has 128 valence electrons. The van der Waals surface area contributed by atoms with Gasteiger partial charge in [0.2, 0.25) is 0 Å². The van der Waals surface area contributed by atoms with Gasteiger partial charge >= 0.3 is 0 Å². The number of nitrogens with two attached hydrogens (primary N) is 1. The van der Waals surface area contributed by atoms with Crippen LogP contribution in [0.3, 0.4) is 0 Å². The quantitative estimate of drug-likeness (QED) is 0.165. The Hall–Kier alpha value is -1.99. The lowest BCUT2D eigenvalue weighted by Gasteiger charge is -2.10. The Morgan fingerprint density at radius 2 is 2.08 bits per heavy atom. The van der Waals surface area contributed by atoms with E-state index in [0.717, 1.165) is 29.9 Å². The van der Waals surface area contributed by atoms with Crippen molar-refractivity contribution in [2.24, 2.45) is 10.9 Å². The van der Waals surface area contributed by atoms with E-state index in [0.29, 0.717) is 22.5 Å². The zero-order chi connectivity index (χ0) is 17.4. The Bertz CT molecular complexity index is 693. The molecule has 2 aromatic rings. The van der Waals surface area contributed by atoms with Gasteiger partial charge < -0.3 is 16.3 Å². The van der Waals surface area contributed by atoms with Crippen molar-refractivity contribution in [3.8, 4) is 0 Å². The van der Waals surface area contributed by atoms with Crippen LogP contribution < -0.4 is 11.1 Å². The summed E-state index contributed by atoms with van der Waals surface area (Å²) in [7, 11) is 0. The topological polar surface area (TPSA) is 96.4 Å². The fraction of sp³-hybridized carbons (Fsp3) is 0.312. The molecule has 1 heterocycles. The summed E-state index contributed by atoms with van der Waals surface area (Å²) in [6.45, 7) is 2.75. The number of hydrogen-bond donors (Lipinski definition) is 3. The third-order valence-electron chi connectivity index (χ3n) is 3.13. The van der Waals surface area contributed by atoms with Crippen LogP contribution >= 0.6 is 23.4 Å². The molecule has 1 aromatic carbocycles. The van der Waals surface area contributed by atoms with Crippen molar-refractivity contribution in [3.05, 3.63) is 46.6 Å². The van der Waals surface area contributed by atoms with Gasteiger partial charge in [-0.15, -0.1) is 0 Å². The first-order valence-electron chi connectivity index (χ1n) is 7.56. The van der Waals surface area contributed by atoms with E-state index in [4.69, 9.17) is 22.5 Å². The Morgan fingerprint density at radius 1 is 1.33 bits per heavy atom. The van der Waals surface area contributed by atoms with E-state index >= 15 is 0 Å². The molecular formula is C16H20ClN5OS. The second-order valence-corrected chi connectivity index (χ2v) is 6.52. The van der Waals surface area contributed by atoms with Crippen LogP contribution in [0.4, 0.5) is 5.82 Å². The Morgan fingerprint density at radius 3 is 2.75 bits per heavy atom. The maximum Gasteiger partial charge on any atom is 0.190 e. The zero-order valence-electron chi connectivity index (χ0n) is 13.4. The highest BCUT2D eigenvalue weighted by molar-refractivity contribution is 7.99. The van der Waals surface area contributed by atoms with E-state index in [1.54, 1.807) is 0 Å². The van der Waals surface area contributed by atoms with Crippen LogP contribution in [0.1, 0.15) is 24.6 Å². The summed E-state index contributed by atoms with van der Waals surface area (Å²) in [5.74, 6) is 1.23. The molecule has 0 aliphatic heterocycles. The van der Waals surface area contributed by atoms with Crippen LogP contribution in [0.5, 0.6) is 0 Å². The van der Waals surface area contributed by atoms with Crippen molar-refractivity contribution < 1.29 is 5.21 Å². The Kier molecular flexibility index (Phi) is 7.14. The maximum absolute atomic E-state index is 8.62. The summed E-state index contributed by atoms with van der Waals surface area (Å²) >= 11 is 7.23. The summed E-state index contributed by atoms with van der Waals surface area (Å²) < 4.78 is 0. The average molecular weight is 366 g/mol. The van der Waals surface area contributed by atoms with E-state index in [2.05, 4.69) is 27.4 Å². The van der Waals surface area contributed by atoms with Crippen molar-refractivity contribution in [1.82, 2.24) is 9.97 Å². The van der Waals surface area contributed by atoms with Crippen LogP contribution in [0.2, 0.25) is 5.02 Å². The van der Waals surface area contributed by atoms with Crippen molar-refractivity contribution >= 4 is 35.0 Å². The molecule has 0 radical (unpaired) electrons. The van der Waals surface area contributed by atoms with Crippen LogP contribution in [0.15, 0.2) is 40.6 Å². The average Bonchev–Trinajstić information content (AvgIpc) is 2.59. The lowest BCUT2D eigenvalue weighted by atomic mass is 10.2. The summed E-state index contributed by atoms with van der Waals surface area (Å²) in [5, 5.41) is 16.2. The highest BCUT2D eigenvalue weighted by atomic mass is 35.5. The molecule has 1 aromatic heterocycles. The molecule has 4 N–H and O–H groups in total. The molecule has 0 spiro atoms. The molecule has 0 unspecified atom stereocenters. The second kappa shape index (κ2) is 9.34. The molecule has 24 heavy (non-hydrogen) atoms. The van der Waals surface area contributed by atoms with Crippen LogP contribution in [-0.2, 0) is 13.0 Å². The molecule has 8 heteroatoms. The van der Waals surface area contributed by atoms with Crippen molar-refractivity contribution in [3.63, 3.8) is 0 Å². The first-order valence-corrected chi connectivity index (χ1v) is 8.92. The third kappa shape index (κ3) is 5.90. The first kappa shape index (κ1) is 18.4. The van der Waals surface area contributed by atoms with E-state index < -0.39 is 0 Å². The first-order chi connectivity index (χ1) is 11.6. The molecule has 0 atom stereocenters. The van der Waals surface area contributed by atoms with Crippen molar-refractivity contribution in [2.45, 2.75) is 31.5 Å². The lowest BCUT2D eigenvalue weighted by Crippen LogP contribution is -2.14. The highest BCUT2D eigenvalue weighted by Gasteiger charge is 2.07. The predicted molar refractivity (Wildman–Crippen MR) is 98.9 cm³/mol. The number of nitrogens with one attached hydrogen (secondary N) is 1. The second-order valence-electron chi connectivity index (χ2n) is 5.14. The zero-order valence-corrected chi connectivity index (χ0v) is 14.9. The number of halogens is 1. The van der Waals surface area contributed by atoms with Gasteiger partial charge in [-0.1, -0.05) is 54.0 Å². The number of aromatic nitrogens is 2. The van der Waals surface area contributed by atoms with Gasteiger partial charge in [-0.2, -0.15) is 0 Å². The van der Waals surface area contributed by atoms with Gasteiger partial charge in [0.25, 0.3) is 0 Å². The number of aryl methyl sites for hydroxylation is 1. The highest BCUT2D eigenvalue weighted by Crippen LogP contribution is 2.18. The van der Waals surface area contributed by atoms with Gasteiger partial charge in [0, 0.05) is 23.3 Å². The van der Waals surface area contributed by atoms with Gasteiger partial charge in [-0.05, 0) is 24.1 Å². The number of nitrogens with zero attached hydrogens (tertiary/aromatic N) is 3. The van der Waals surface area contributed by atoms with Gasteiger partial charge in [-0.3, -0.25) is 0 Å². The molecule has 2 rings (SSSR count). The third-order valence-corrected chi connectivity index (χ3v) is 4.26. The molecule has 0 fully saturated rings. The minimum Gasteiger partial charge on any atom is -0.409 e. The van der Waals surface area contributed by atoms with Crippen LogP contribution in [0.25, 0.3) is 0 Å². The van der Waals surface area contributed by atoms with Gasteiger partial charge in [0.1, 0.15) is 11.7 Å². The molecule has 6 nitrogen and oxygen atoms in total. The molecule has 0 amide bonds. The Balaban J connectivity index is 2.08. The molecule has 0 aliphatic rings. The number of oxime groups is 1. The lowest BCUT2D eigenvalue weighted by molar-refractivity contribution is 0.318. The minimum atomic E-state index is 0.139. The van der Waals surface area contributed by atoms with Gasteiger partial charge in [0.05, 0.1) is 5.75 Å². The number of hydrogen-bond acceptors (Lipinski definition) is 6. The van der Waals surface area contributed by atoms with Crippen LogP contribution in [0, 0.1) is 0 Å². The standard InChI is InChI=1S/C16H20ClN5OS/c1-2-3-13-8-15(19-9-11-4-6-12(17)7-5-11)21-16(20-13)24-10-14(18)22-23/h4-8,23H,2-3,9-10H2,1H3,(H2,18,22)(H,19,20,21). The van der Waals surface area contributed by atoms with Gasteiger partial charge in [0.15, 0.2) is 5.16 Å². The number of rotatable bonds is 8. The summed E-state index contributed by atoms with van der Waals surface area (Å²) in [6.07, 6.45) is 1.87. The largest absolute Gasteiger partial charge is 0.409 e. The van der Waals surface area contributed by atoms with Crippen molar-refractivity contribution in [2.75, 3.05) is 11.1 Å². The monoisotopic (exact) mass is 365 g/mol. The van der Waals surface area contributed by atoms with E-state index in [1.165, 1.54) is 11.8 Å². The molecule has 0 saturated heterocycles. The van der Waals surface area contributed by atoms with E-state index in [1.807, 2.05) is 30.3 Å². The fourth-order valence-corrected chi connectivity index (χ4v) is 2.78. The normalized spacial score (nSPS) is 11.5. The van der Waals surface area contributed by atoms with E-state index in [-0.39, 0.29) is 5.84 Å². The number of thioether (sulfide) groups is 1. The van der Waals surface area contributed by atoms with Gasteiger partial charge in [-0.25, -0.2) is 9.97 Å². The molecule has 0 bridgehead atoms. The maximum atomic E-state index is 8.62. The van der Waals surface area contributed by atoms with E-state index in [9.17, 15) is 0 Å². The molecule has 0 saturated carbocycles. The smallest absolute Gasteiger partial charge is 0.190 e. The predicted octanol–water partition coefficient (Wildman–Crippen LogP) is 3.53. The SMILES string of the molecule is CCCc1cc(NCc2ccc(Cl)cc2)nc(SCC(N)=NO)n1. The number of anilines is 1. The Labute approximate surface area is 150 Å². The van der Waals surface area contributed by atoms with Crippen molar-refractivity contribution in [1.29, 1.82) is 0 Å². The fourth-order valence-electron chi connectivity index (χ4n) is 1.97. The molecule has 0 aliphatic carbocycles. The molecular weight excluding hydrogens is 346 g/mol. The summed E-state index contributed by atoms with van der Waals surface area (Å²) in [5.41, 5.74) is 7.58. The summed E-state index contributed by atoms with van der Waals surface area (Å²) in [4.78, 5) is 8.98. The van der Waals surface area contributed by atoms with Crippen LogP contribution in [-0.4, -0.2) is 26.8 Å². The number of benzene rings is 1. The number of amidine groups is 1.